The second-order valence-electron chi connectivity index (χ2n) is 2.47. The molecule has 0 unspecified atom stereocenters. The smallest absolute Gasteiger partial charge is 0.363 e. The summed E-state index contributed by atoms with van der Waals surface area (Å²) >= 11 is 0. The topological polar surface area (TPSA) is 93.0 Å². The summed E-state index contributed by atoms with van der Waals surface area (Å²) in [6.07, 6.45) is 0. The lowest BCUT2D eigenvalue weighted by atomic mass is 10.5. The number of aromatic amines is 1. The molecule has 0 saturated carbocycles. The molecule has 2 N–H and O–H groups in total. The van der Waals surface area contributed by atoms with Crippen LogP contribution in [-0.2, 0) is 6.54 Å². The van der Waals surface area contributed by atoms with E-state index < -0.39 is 16.2 Å². The molecule has 0 aliphatic carbocycles. The van der Waals surface area contributed by atoms with Crippen molar-refractivity contribution in [2.24, 2.45) is 0 Å². The number of aromatic nitrogens is 2. The Morgan fingerprint density at radius 3 is 3.00 bits per heavy atom. The number of rotatable bonds is 1. The Balaban J connectivity index is 2.67. The molecule has 1 aliphatic heterocycles. The minimum absolute atomic E-state index is 0.282. The highest BCUT2D eigenvalue weighted by molar-refractivity contribution is 5.56. The van der Waals surface area contributed by atoms with Crippen LogP contribution in [0.3, 0.4) is 0 Å². The molecule has 1 aromatic heterocycles. The van der Waals surface area contributed by atoms with Crippen LogP contribution >= 0.6 is 0 Å². The molecule has 2 heterocycles. The van der Waals surface area contributed by atoms with E-state index in [1.54, 1.807) is 0 Å². The molecule has 0 atom stereocenters. The van der Waals surface area contributed by atoms with E-state index in [1.807, 2.05) is 0 Å². The van der Waals surface area contributed by atoms with Crippen LogP contribution < -0.4 is 10.9 Å². The zero-order valence-corrected chi connectivity index (χ0v) is 6.03. The van der Waals surface area contributed by atoms with Crippen molar-refractivity contribution in [1.29, 1.82) is 0 Å². The zero-order valence-electron chi connectivity index (χ0n) is 6.03. The maximum atomic E-state index is 10.9. The van der Waals surface area contributed by atoms with E-state index in [-0.39, 0.29) is 5.82 Å². The molecule has 7 heteroatoms. The molecule has 64 valence electrons. The highest BCUT2D eigenvalue weighted by atomic mass is 16.6. The molecule has 0 radical (unpaired) electrons. The van der Waals surface area contributed by atoms with Gasteiger partial charge in [0.1, 0.15) is 0 Å². The number of hydrogen-bond donors (Lipinski definition) is 2. The predicted octanol–water partition coefficient (Wildman–Crippen LogP) is -0.490. The summed E-state index contributed by atoms with van der Waals surface area (Å²) in [5.74, 6) is 0.282. The van der Waals surface area contributed by atoms with Gasteiger partial charge in [-0.05, 0) is 0 Å². The number of H-pyrrole nitrogens is 1. The molecule has 0 saturated heterocycles. The van der Waals surface area contributed by atoms with Crippen molar-refractivity contribution in [2.75, 3.05) is 11.9 Å². The first-order chi connectivity index (χ1) is 5.70. The summed E-state index contributed by atoms with van der Waals surface area (Å²) in [4.78, 5) is 20.6. The van der Waals surface area contributed by atoms with Crippen LogP contribution in [0.5, 0.6) is 0 Å². The van der Waals surface area contributed by atoms with E-state index >= 15 is 0 Å². The van der Waals surface area contributed by atoms with Gasteiger partial charge in [0.15, 0.2) is 0 Å². The van der Waals surface area contributed by atoms with Crippen LogP contribution in [0.1, 0.15) is 0 Å². The molecule has 7 nitrogen and oxygen atoms in total. The van der Waals surface area contributed by atoms with Crippen molar-refractivity contribution < 1.29 is 4.92 Å². The largest absolute Gasteiger partial charge is 0.376 e. The quantitative estimate of drug-likeness (QED) is 0.439. The molecule has 1 aromatic rings. The Labute approximate surface area is 66.1 Å². The van der Waals surface area contributed by atoms with Gasteiger partial charge in [0.05, 0.1) is 11.5 Å². The Morgan fingerprint density at radius 1 is 1.58 bits per heavy atom. The summed E-state index contributed by atoms with van der Waals surface area (Å²) in [5.41, 5.74) is -1.05. The first-order valence-corrected chi connectivity index (χ1v) is 3.41. The fourth-order valence-corrected chi connectivity index (χ4v) is 1.27. The third kappa shape index (κ3) is 0.728. The van der Waals surface area contributed by atoms with Crippen molar-refractivity contribution in [3.8, 4) is 0 Å². The lowest BCUT2D eigenvalue weighted by Gasteiger charge is -1.90. The molecule has 0 fully saturated rings. The number of nitro groups is 1. The van der Waals surface area contributed by atoms with Gasteiger partial charge in [0, 0.05) is 6.54 Å². The maximum Gasteiger partial charge on any atom is 0.376 e. The second kappa shape index (κ2) is 2.10. The molecule has 1 aliphatic rings. The molecule has 12 heavy (non-hydrogen) atoms. The predicted molar refractivity (Wildman–Crippen MR) is 40.2 cm³/mol. The number of hydrogen-bond acceptors (Lipinski definition) is 4. The third-order valence-electron chi connectivity index (χ3n) is 1.76. The van der Waals surface area contributed by atoms with Gasteiger partial charge in [0.2, 0.25) is 5.82 Å². The Morgan fingerprint density at radius 2 is 2.33 bits per heavy atom. The first-order valence-electron chi connectivity index (χ1n) is 3.41. The molecule has 0 bridgehead atoms. The summed E-state index contributed by atoms with van der Waals surface area (Å²) < 4.78 is 1.44. The Kier molecular flexibility index (Phi) is 1.20. The fourth-order valence-electron chi connectivity index (χ4n) is 1.27. The van der Waals surface area contributed by atoms with Gasteiger partial charge < -0.3 is 5.32 Å². The third-order valence-corrected chi connectivity index (χ3v) is 1.76. The standard InChI is InChI=1S/C5H6N4O3/c10-5-3(9(11)12)4-6-1-2-8(4)7-5/h6H,1-2H2,(H,7,10). The first kappa shape index (κ1) is 6.89. The number of nitrogens with one attached hydrogen (secondary N) is 2. The minimum Gasteiger partial charge on any atom is -0.363 e. The summed E-state index contributed by atoms with van der Waals surface area (Å²) in [5, 5.41) is 15.5. The Bertz CT molecular complexity index is 390. The molecule has 0 aromatic carbocycles. The average Bonchev–Trinajstić information content (AvgIpc) is 2.44. The van der Waals surface area contributed by atoms with Gasteiger partial charge in [-0.1, -0.05) is 0 Å². The fraction of sp³-hybridized carbons (Fsp3) is 0.400. The van der Waals surface area contributed by atoms with Crippen LogP contribution in [0.2, 0.25) is 0 Å². The zero-order chi connectivity index (χ0) is 8.72. The van der Waals surface area contributed by atoms with Crippen LogP contribution in [-0.4, -0.2) is 21.2 Å². The monoisotopic (exact) mass is 170 g/mol. The number of anilines is 1. The van der Waals surface area contributed by atoms with Gasteiger partial charge in [-0.25, -0.2) is 0 Å². The van der Waals surface area contributed by atoms with Crippen LogP contribution in [0.25, 0.3) is 0 Å². The van der Waals surface area contributed by atoms with Crippen LogP contribution in [0.4, 0.5) is 11.5 Å². The molecule has 2 rings (SSSR count). The molecule has 0 spiro atoms. The Hall–Kier alpha value is -1.79. The highest BCUT2D eigenvalue weighted by Crippen LogP contribution is 2.21. The van der Waals surface area contributed by atoms with Crippen LogP contribution in [0.15, 0.2) is 4.79 Å². The SMILES string of the molecule is O=c1[nH]n2c(c1[N+](=O)[O-])NCC2. The average molecular weight is 170 g/mol. The second-order valence-corrected chi connectivity index (χ2v) is 2.47. The van der Waals surface area contributed by atoms with Crippen molar-refractivity contribution in [3.63, 3.8) is 0 Å². The minimum atomic E-state index is -0.678. The van der Waals surface area contributed by atoms with Crippen molar-refractivity contribution in [2.45, 2.75) is 6.54 Å². The van der Waals surface area contributed by atoms with Crippen molar-refractivity contribution in [1.82, 2.24) is 9.78 Å². The van der Waals surface area contributed by atoms with Gasteiger partial charge in [0.25, 0.3) is 0 Å². The van der Waals surface area contributed by atoms with Gasteiger partial charge in [-0.15, -0.1) is 0 Å². The molecular formula is C5H6N4O3. The van der Waals surface area contributed by atoms with E-state index in [9.17, 15) is 14.9 Å². The van der Waals surface area contributed by atoms with E-state index in [4.69, 9.17) is 0 Å². The summed E-state index contributed by atoms with van der Waals surface area (Å²) in [6.45, 7) is 1.19. The van der Waals surface area contributed by atoms with E-state index in [1.165, 1.54) is 4.68 Å². The highest BCUT2D eigenvalue weighted by Gasteiger charge is 2.27. The number of nitrogens with zero attached hydrogens (tertiary/aromatic N) is 2. The summed E-state index contributed by atoms with van der Waals surface area (Å²) in [7, 11) is 0. The molecule has 0 amide bonds. The normalized spacial score (nSPS) is 14.0. The lowest BCUT2D eigenvalue weighted by Crippen LogP contribution is -2.10. The van der Waals surface area contributed by atoms with Crippen LogP contribution in [0, 0.1) is 10.1 Å². The van der Waals surface area contributed by atoms with E-state index in [2.05, 4.69) is 10.4 Å². The number of fused-ring (bicyclic) bond motifs is 1. The van der Waals surface area contributed by atoms with Gasteiger partial charge in [-0.3, -0.25) is 24.7 Å². The maximum absolute atomic E-state index is 10.9. The molecular weight excluding hydrogens is 164 g/mol. The van der Waals surface area contributed by atoms with Crippen molar-refractivity contribution in [3.05, 3.63) is 20.5 Å². The lowest BCUT2D eigenvalue weighted by molar-refractivity contribution is -0.385. The van der Waals surface area contributed by atoms with E-state index in [0.717, 1.165) is 0 Å². The summed E-state index contributed by atoms with van der Waals surface area (Å²) in [6, 6.07) is 0. The van der Waals surface area contributed by atoms with E-state index in [0.29, 0.717) is 13.1 Å². The van der Waals surface area contributed by atoms with Crippen molar-refractivity contribution >= 4 is 11.5 Å². The van der Waals surface area contributed by atoms with Gasteiger partial charge >= 0.3 is 11.2 Å². The van der Waals surface area contributed by atoms with Gasteiger partial charge in [-0.2, -0.15) is 0 Å².